The molecule has 2 rings (SSSR count). The maximum Gasteiger partial charge on any atom is 0.261 e. The lowest BCUT2D eigenvalue weighted by Crippen LogP contribution is -2.13. The number of halogens is 2. The van der Waals surface area contributed by atoms with Gasteiger partial charge in [-0.15, -0.1) is 0 Å². The van der Waals surface area contributed by atoms with E-state index >= 15 is 0 Å². The second kappa shape index (κ2) is 7.11. The number of ether oxygens (including phenoxy) is 1. The van der Waals surface area contributed by atoms with Crippen LogP contribution in [-0.4, -0.2) is 15.5 Å². The molecule has 4 nitrogen and oxygen atoms in total. The van der Waals surface area contributed by atoms with Crippen molar-refractivity contribution < 1.29 is 13.2 Å². The summed E-state index contributed by atoms with van der Waals surface area (Å²) in [6.45, 7) is 3.96. The van der Waals surface area contributed by atoms with Gasteiger partial charge in [-0.05, 0) is 63.8 Å². The van der Waals surface area contributed by atoms with E-state index in [1.54, 1.807) is 37.4 Å². The summed E-state index contributed by atoms with van der Waals surface area (Å²) in [5.74, 6) is 0.813. The molecule has 0 bridgehead atoms. The number of sulfonamides is 1. The van der Waals surface area contributed by atoms with E-state index in [2.05, 4.69) is 20.7 Å². The Morgan fingerprint density at radius 3 is 2.43 bits per heavy atom. The van der Waals surface area contributed by atoms with Crippen LogP contribution in [-0.2, 0) is 10.0 Å². The van der Waals surface area contributed by atoms with Crippen molar-refractivity contribution in [2.24, 2.45) is 0 Å². The lowest BCUT2D eigenvalue weighted by Gasteiger charge is -2.14. The number of hydrogen-bond acceptors (Lipinski definition) is 3. The van der Waals surface area contributed by atoms with Crippen LogP contribution in [0.3, 0.4) is 0 Å². The first-order valence-corrected chi connectivity index (χ1v) is 9.56. The lowest BCUT2D eigenvalue weighted by atomic mass is 10.0. The number of rotatable bonds is 5. The van der Waals surface area contributed by atoms with Gasteiger partial charge in [-0.3, -0.25) is 4.72 Å². The topological polar surface area (TPSA) is 55.4 Å². The molecule has 23 heavy (non-hydrogen) atoms. The van der Waals surface area contributed by atoms with E-state index in [0.29, 0.717) is 20.9 Å². The molecule has 0 aromatic heterocycles. The minimum Gasteiger partial charge on any atom is -0.496 e. The number of hydrogen-bond donors (Lipinski definition) is 1. The van der Waals surface area contributed by atoms with Gasteiger partial charge < -0.3 is 4.74 Å². The van der Waals surface area contributed by atoms with Crippen LogP contribution in [0.4, 0.5) is 5.69 Å². The van der Waals surface area contributed by atoms with Gasteiger partial charge in [0.25, 0.3) is 10.0 Å². The monoisotopic (exact) mass is 417 g/mol. The summed E-state index contributed by atoms with van der Waals surface area (Å²) in [4.78, 5) is 0.182. The highest BCUT2D eigenvalue weighted by atomic mass is 79.9. The molecule has 0 aliphatic rings. The largest absolute Gasteiger partial charge is 0.496 e. The van der Waals surface area contributed by atoms with Crippen LogP contribution in [0.25, 0.3) is 0 Å². The van der Waals surface area contributed by atoms with E-state index in [0.717, 1.165) is 5.56 Å². The first-order valence-electron chi connectivity index (χ1n) is 6.90. The first kappa shape index (κ1) is 18.1. The van der Waals surface area contributed by atoms with Crippen molar-refractivity contribution >= 4 is 43.2 Å². The van der Waals surface area contributed by atoms with Crippen molar-refractivity contribution in [1.82, 2.24) is 0 Å². The summed E-state index contributed by atoms with van der Waals surface area (Å²) >= 11 is 9.27. The molecule has 2 aromatic carbocycles. The minimum atomic E-state index is -3.70. The molecule has 0 fully saturated rings. The molecule has 7 heteroatoms. The Kier molecular flexibility index (Phi) is 5.60. The van der Waals surface area contributed by atoms with E-state index in [1.165, 1.54) is 6.07 Å². The third-order valence-electron chi connectivity index (χ3n) is 3.31. The van der Waals surface area contributed by atoms with E-state index in [-0.39, 0.29) is 10.8 Å². The van der Waals surface area contributed by atoms with Crippen molar-refractivity contribution in [2.75, 3.05) is 11.8 Å². The zero-order chi connectivity index (χ0) is 17.2. The summed E-state index contributed by atoms with van der Waals surface area (Å²) in [5.41, 5.74) is 1.24. The molecular formula is C16H17BrClNO3S. The zero-order valence-electron chi connectivity index (χ0n) is 12.9. The molecule has 1 N–H and O–H groups in total. The second-order valence-corrected chi connectivity index (χ2v) is 8.24. The Morgan fingerprint density at radius 1 is 1.17 bits per heavy atom. The standard InChI is InChI=1S/C16H17BrClNO3S/c1-10(2)13-9-12(5-7-16(13)22-3)23(20,21)19-11-4-6-14(17)15(18)8-11/h4-10,19H,1-3H3. The highest BCUT2D eigenvalue weighted by Gasteiger charge is 2.18. The quantitative estimate of drug-likeness (QED) is 0.740. The normalized spacial score (nSPS) is 11.6. The summed E-state index contributed by atoms with van der Waals surface area (Å²) in [7, 11) is -2.14. The number of methoxy groups -OCH3 is 1. The van der Waals surface area contributed by atoms with Crippen LogP contribution in [0.15, 0.2) is 45.8 Å². The van der Waals surface area contributed by atoms with Crippen molar-refractivity contribution in [2.45, 2.75) is 24.7 Å². The summed E-state index contributed by atoms with van der Waals surface area (Å²) in [6, 6.07) is 9.70. The lowest BCUT2D eigenvalue weighted by molar-refractivity contribution is 0.407. The van der Waals surface area contributed by atoms with Gasteiger partial charge in [0.1, 0.15) is 5.75 Å². The highest BCUT2D eigenvalue weighted by Crippen LogP contribution is 2.30. The van der Waals surface area contributed by atoms with Crippen LogP contribution >= 0.6 is 27.5 Å². The maximum absolute atomic E-state index is 12.6. The van der Waals surface area contributed by atoms with Gasteiger partial charge in [-0.1, -0.05) is 25.4 Å². The Balaban J connectivity index is 2.39. The van der Waals surface area contributed by atoms with Gasteiger partial charge in [0.05, 0.1) is 22.7 Å². The summed E-state index contributed by atoms with van der Waals surface area (Å²) in [6.07, 6.45) is 0. The van der Waals surface area contributed by atoms with Gasteiger partial charge >= 0.3 is 0 Å². The molecule has 0 atom stereocenters. The molecule has 0 spiro atoms. The van der Waals surface area contributed by atoms with Crippen LogP contribution in [0.2, 0.25) is 5.02 Å². The Labute approximate surface area is 150 Å². The molecule has 124 valence electrons. The fraction of sp³-hybridized carbons (Fsp3) is 0.250. The van der Waals surface area contributed by atoms with Gasteiger partial charge in [0, 0.05) is 4.47 Å². The summed E-state index contributed by atoms with van der Waals surface area (Å²) in [5, 5.41) is 0.433. The molecule has 0 radical (unpaired) electrons. The molecule has 0 saturated carbocycles. The number of anilines is 1. The SMILES string of the molecule is COc1ccc(S(=O)(=O)Nc2ccc(Br)c(Cl)c2)cc1C(C)C. The molecular weight excluding hydrogens is 402 g/mol. The number of benzene rings is 2. The van der Waals surface area contributed by atoms with Gasteiger partial charge in [0.15, 0.2) is 0 Å². The van der Waals surface area contributed by atoms with Crippen molar-refractivity contribution in [3.05, 3.63) is 51.5 Å². The molecule has 0 aliphatic heterocycles. The molecule has 2 aromatic rings. The average Bonchev–Trinajstić information content (AvgIpc) is 2.50. The smallest absolute Gasteiger partial charge is 0.261 e. The van der Waals surface area contributed by atoms with E-state index in [1.807, 2.05) is 13.8 Å². The first-order chi connectivity index (χ1) is 10.7. The second-order valence-electron chi connectivity index (χ2n) is 5.29. The Bertz CT molecular complexity index is 822. The number of nitrogens with one attached hydrogen (secondary N) is 1. The van der Waals surface area contributed by atoms with Gasteiger partial charge in [-0.25, -0.2) is 8.42 Å². The predicted octanol–water partition coefficient (Wildman–Crippen LogP) is 5.04. The fourth-order valence-electron chi connectivity index (χ4n) is 2.10. The fourth-order valence-corrected chi connectivity index (χ4v) is 3.62. The maximum atomic E-state index is 12.6. The minimum absolute atomic E-state index is 0.141. The third kappa shape index (κ3) is 4.19. The van der Waals surface area contributed by atoms with Crippen molar-refractivity contribution in [1.29, 1.82) is 0 Å². The van der Waals surface area contributed by atoms with Gasteiger partial charge in [0.2, 0.25) is 0 Å². The third-order valence-corrected chi connectivity index (χ3v) is 5.92. The van der Waals surface area contributed by atoms with E-state index < -0.39 is 10.0 Å². The van der Waals surface area contributed by atoms with E-state index in [4.69, 9.17) is 16.3 Å². The van der Waals surface area contributed by atoms with Crippen LogP contribution in [0.5, 0.6) is 5.75 Å². The zero-order valence-corrected chi connectivity index (χ0v) is 16.1. The van der Waals surface area contributed by atoms with Crippen LogP contribution in [0.1, 0.15) is 25.3 Å². The Morgan fingerprint density at radius 2 is 1.87 bits per heavy atom. The van der Waals surface area contributed by atoms with Crippen molar-refractivity contribution in [3.8, 4) is 5.75 Å². The van der Waals surface area contributed by atoms with Crippen LogP contribution in [0, 0.1) is 0 Å². The molecule has 0 saturated heterocycles. The average molecular weight is 419 g/mol. The van der Waals surface area contributed by atoms with Crippen LogP contribution < -0.4 is 9.46 Å². The molecule has 0 amide bonds. The summed E-state index contributed by atoms with van der Waals surface area (Å²) < 4.78 is 33.6. The molecule has 0 unspecified atom stereocenters. The Hall–Kier alpha value is -1.24. The van der Waals surface area contributed by atoms with Gasteiger partial charge in [-0.2, -0.15) is 0 Å². The predicted molar refractivity (Wildman–Crippen MR) is 97.0 cm³/mol. The van der Waals surface area contributed by atoms with E-state index in [9.17, 15) is 8.42 Å². The molecule has 0 heterocycles. The highest BCUT2D eigenvalue weighted by molar-refractivity contribution is 9.10. The molecule has 0 aliphatic carbocycles. The van der Waals surface area contributed by atoms with Crippen molar-refractivity contribution in [3.63, 3.8) is 0 Å².